The van der Waals surface area contributed by atoms with Crippen molar-refractivity contribution in [2.24, 2.45) is 5.73 Å². The molecule has 1 fully saturated rings. The first kappa shape index (κ1) is 11.9. The molecule has 0 saturated heterocycles. The number of benzene rings is 1. The van der Waals surface area contributed by atoms with Gasteiger partial charge in [-0.1, -0.05) is 0 Å². The Morgan fingerprint density at radius 1 is 1.19 bits per heavy atom. The molecule has 0 amide bonds. The Bertz CT molecular complexity index is 361. The second kappa shape index (κ2) is 5.18. The summed E-state index contributed by atoms with van der Waals surface area (Å²) in [6.07, 6.45) is 7.15. The fourth-order valence-corrected chi connectivity index (χ4v) is 3.72. The van der Waals surface area contributed by atoms with Crippen molar-refractivity contribution in [3.8, 4) is 0 Å². The topological polar surface area (TPSA) is 26.0 Å². The van der Waals surface area contributed by atoms with Crippen LogP contribution in [0.1, 0.15) is 31.2 Å². The van der Waals surface area contributed by atoms with E-state index in [0.717, 1.165) is 12.8 Å². The van der Waals surface area contributed by atoms with Gasteiger partial charge in [-0.25, -0.2) is 0 Å². The SMILES string of the molecule is Cc1ccc([Se]/C=C/C2(N)CCCC2)cc1. The first-order chi connectivity index (χ1) is 7.68. The second-order valence-corrected chi connectivity index (χ2v) is 6.73. The molecule has 0 atom stereocenters. The summed E-state index contributed by atoms with van der Waals surface area (Å²) in [7, 11) is 0. The van der Waals surface area contributed by atoms with Crippen LogP contribution in [0.25, 0.3) is 0 Å². The van der Waals surface area contributed by atoms with Crippen molar-refractivity contribution in [3.05, 3.63) is 40.9 Å². The van der Waals surface area contributed by atoms with Crippen LogP contribution in [0, 0.1) is 6.92 Å². The molecule has 2 heteroatoms. The molecule has 86 valence electrons. The third-order valence-electron chi connectivity index (χ3n) is 3.16. The van der Waals surface area contributed by atoms with E-state index in [-0.39, 0.29) is 5.54 Å². The molecule has 16 heavy (non-hydrogen) atoms. The van der Waals surface area contributed by atoms with Crippen LogP contribution in [0.3, 0.4) is 0 Å². The van der Waals surface area contributed by atoms with E-state index in [1.807, 2.05) is 0 Å². The van der Waals surface area contributed by atoms with Gasteiger partial charge in [0, 0.05) is 0 Å². The summed E-state index contributed by atoms with van der Waals surface area (Å²) in [4.78, 5) is 2.29. The fourth-order valence-electron chi connectivity index (χ4n) is 2.06. The predicted octanol–water partition coefficient (Wildman–Crippen LogP) is 2.11. The Labute approximate surface area is 104 Å². The summed E-state index contributed by atoms with van der Waals surface area (Å²) < 4.78 is 1.43. The molecule has 0 heterocycles. The van der Waals surface area contributed by atoms with Crippen LogP contribution in [0.4, 0.5) is 0 Å². The van der Waals surface area contributed by atoms with Gasteiger partial charge in [0.1, 0.15) is 0 Å². The number of nitrogens with two attached hydrogens (primary N) is 1. The van der Waals surface area contributed by atoms with E-state index in [9.17, 15) is 0 Å². The third kappa shape index (κ3) is 3.21. The Kier molecular flexibility index (Phi) is 3.86. The summed E-state index contributed by atoms with van der Waals surface area (Å²) in [5.41, 5.74) is 7.61. The average Bonchev–Trinajstić information content (AvgIpc) is 2.69. The molecular formula is C14H19NSe. The van der Waals surface area contributed by atoms with E-state index in [0.29, 0.717) is 15.0 Å². The van der Waals surface area contributed by atoms with Gasteiger partial charge in [-0.05, 0) is 0 Å². The van der Waals surface area contributed by atoms with E-state index in [4.69, 9.17) is 5.73 Å². The van der Waals surface area contributed by atoms with Crippen LogP contribution in [-0.2, 0) is 0 Å². The van der Waals surface area contributed by atoms with Crippen molar-refractivity contribution in [2.45, 2.75) is 38.1 Å². The van der Waals surface area contributed by atoms with E-state index in [1.165, 1.54) is 22.9 Å². The monoisotopic (exact) mass is 281 g/mol. The van der Waals surface area contributed by atoms with Crippen LogP contribution < -0.4 is 10.2 Å². The zero-order chi connectivity index (χ0) is 11.4. The zero-order valence-electron chi connectivity index (χ0n) is 9.78. The molecule has 0 aromatic heterocycles. The van der Waals surface area contributed by atoms with Crippen molar-refractivity contribution < 1.29 is 0 Å². The maximum absolute atomic E-state index is 6.27. The van der Waals surface area contributed by atoms with Gasteiger partial charge in [-0.2, -0.15) is 0 Å². The quantitative estimate of drug-likeness (QED) is 0.843. The third-order valence-corrected chi connectivity index (χ3v) is 4.87. The van der Waals surface area contributed by atoms with Crippen molar-refractivity contribution in [1.29, 1.82) is 0 Å². The van der Waals surface area contributed by atoms with Gasteiger partial charge in [0.25, 0.3) is 0 Å². The summed E-state index contributed by atoms with van der Waals surface area (Å²) >= 11 is 0.433. The predicted molar refractivity (Wildman–Crippen MR) is 71.1 cm³/mol. The molecule has 0 bridgehead atoms. The van der Waals surface area contributed by atoms with Gasteiger partial charge < -0.3 is 0 Å². The molecule has 0 aliphatic heterocycles. The normalized spacial score (nSPS) is 19.4. The van der Waals surface area contributed by atoms with Crippen LogP contribution >= 0.6 is 0 Å². The molecule has 0 unspecified atom stereocenters. The summed E-state index contributed by atoms with van der Waals surface area (Å²) in [6, 6.07) is 8.80. The van der Waals surface area contributed by atoms with Crippen molar-refractivity contribution in [1.82, 2.24) is 0 Å². The Morgan fingerprint density at radius 2 is 1.81 bits per heavy atom. The molecule has 0 radical (unpaired) electrons. The van der Waals surface area contributed by atoms with Gasteiger partial charge in [0.2, 0.25) is 0 Å². The van der Waals surface area contributed by atoms with Crippen LogP contribution in [0.2, 0.25) is 0 Å². The summed E-state index contributed by atoms with van der Waals surface area (Å²) in [5.74, 6) is 0. The van der Waals surface area contributed by atoms with Gasteiger partial charge in [-0.15, -0.1) is 0 Å². The van der Waals surface area contributed by atoms with Gasteiger partial charge in [-0.3, -0.25) is 0 Å². The number of hydrogen-bond acceptors (Lipinski definition) is 1. The van der Waals surface area contributed by atoms with Gasteiger partial charge in [0.05, 0.1) is 0 Å². The van der Waals surface area contributed by atoms with Crippen LogP contribution in [0.5, 0.6) is 0 Å². The fraction of sp³-hybridized carbons (Fsp3) is 0.429. The molecule has 0 spiro atoms. The van der Waals surface area contributed by atoms with Crippen molar-refractivity contribution in [3.63, 3.8) is 0 Å². The van der Waals surface area contributed by atoms with Gasteiger partial charge >= 0.3 is 104 Å². The standard InChI is InChI=1S/C14H19NSe/c1-12-4-6-13(7-5-12)16-11-10-14(15)8-2-3-9-14/h4-7,10-11H,2-3,8-9,15H2,1H3/b11-10+. The minimum atomic E-state index is 0.00640. The number of aryl methyl sites for hydroxylation is 1. The summed E-state index contributed by atoms with van der Waals surface area (Å²) in [6.45, 7) is 2.13. The van der Waals surface area contributed by atoms with E-state index < -0.39 is 0 Å². The molecule has 1 aromatic carbocycles. The number of hydrogen-bond donors (Lipinski definition) is 1. The van der Waals surface area contributed by atoms with Crippen molar-refractivity contribution >= 4 is 19.4 Å². The Hall–Kier alpha value is -0.561. The average molecular weight is 280 g/mol. The van der Waals surface area contributed by atoms with E-state index in [1.54, 1.807) is 0 Å². The van der Waals surface area contributed by atoms with E-state index in [2.05, 4.69) is 42.2 Å². The molecule has 1 aliphatic rings. The zero-order valence-corrected chi connectivity index (χ0v) is 11.5. The minimum absolute atomic E-state index is 0.00640. The van der Waals surface area contributed by atoms with Gasteiger partial charge in [0.15, 0.2) is 0 Å². The molecule has 2 N–H and O–H groups in total. The van der Waals surface area contributed by atoms with Crippen LogP contribution in [0.15, 0.2) is 35.3 Å². The maximum atomic E-state index is 6.27. The molecule has 1 nitrogen and oxygen atoms in total. The van der Waals surface area contributed by atoms with Crippen molar-refractivity contribution in [2.75, 3.05) is 0 Å². The molecule has 1 saturated carbocycles. The molecule has 2 rings (SSSR count). The van der Waals surface area contributed by atoms with Crippen LogP contribution in [-0.4, -0.2) is 20.5 Å². The number of rotatable bonds is 3. The molecular weight excluding hydrogens is 261 g/mol. The molecule has 1 aromatic rings. The molecule has 1 aliphatic carbocycles. The Morgan fingerprint density at radius 3 is 2.44 bits per heavy atom. The van der Waals surface area contributed by atoms with E-state index >= 15 is 0 Å². The summed E-state index contributed by atoms with van der Waals surface area (Å²) in [5, 5.41) is 0. The Balaban J connectivity index is 1.91. The first-order valence-corrected chi connectivity index (χ1v) is 7.72. The second-order valence-electron chi connectivity index (χ2n) is 4.67. The first-order valence-electron chi connectivity index (χ1n) is 5.88.